The molecule has 0 aromatic carbocycles. The number of esters is 1. The maximum Gasteiger partial charge on any atom is 0.309 e. The summed E-state index contributed by atoms with van der Waals surface area (Å²) in [5.41, 5.74) is 2.75. The van der Waals surface area contributed by atoms with E-state index in [0.717, 1.165) is 34.7 Å². The van der Waals surface area contributed by atoms with E-state index < -0.39 is 50.5 Å². The van der Waals surface area contributed by atoms with Crippen LogP contribution in [0.3, 0.4) is 0 Å². The fourth-order valence-electron chi connectivity index (χ4n) is 4.31. The number of hydrogen-bond acceptors (Lipinski definition) is 8. The molecule has 1 aromatic rings. The van der Waals surface area contributed by atoms with E-state index in [1.807, 2.05) is 39.2 Å². The van der Waals surface area contributed by atoms with E-state index in [-0.39, 0.29) is 5.92 Å². The molecule has 2 rings (SSSR count). The molecule has 2 heterocycles. The smallest absolute Gasteiger partial charge is 0.309 e. The number of allylic oxidation sites excluding steroid dienone is 1. The molecule has 1 aromatic heterocycles. The van der Waals surface area contributed by atoms with Crippen molar-refractivity contribution in [3.05, 3.63) is 33.3 Å². The number of hydrogen-bond donors (Lipinski definition) is 2. The second-order valence-corrected chi connectivity index (χ2v) is 14.3. The van der Waals surface area contributed by atoms with Crippen LogP contribution in [-0.4, -0.2) is 57.9 Å². The van der Waals surface area contributed by atoms with Crippen LogP contribution in [0.15, 0.2) is 22.6 Å². The summed E-state index contributed by atoms with van der Waals surface area (Å²) in [7, 11) is -3.98. The molecule has 1 aliphatic heterocycles. The van der Waals surface area contributed by atoms with Crippen molar-refractivity contribution in [3.8, 4) is 0 Å². The first-order valence-electron chi connectivity index (χ1n) is 12.2. The van der Waals surface area contributed by atoms with Crippen LogP contribution in [0, 0.1) is 12.8 Å². The van der Waals surface area contributed by atoms with Crippen LogP contribution in [-0.2, 0) is 19.4 Å². The zero-order valence-corrected chi connectivity index (χ0v) is 23.6. The Bertz CT molecular complexity index is 1040. The van der Waals surface area contributed by atoms with Crippen molar-refractivity contribution in [2.75, 3.05) is 0 Å². The van der Waals surface area contributed by atoms with Gasteiger partial charge in [-0.25, -0.2) is 13.4 Å². The van der Waals surface area contributed by atoms with Crippen LogP contribution in [0.4, 0.5) is 0 Å². The summed E-state index contributed by atoms with van der Waals surface area (Å²) in [6, 6.07) is 0. The number of ether oxygens (including phenoxy) is 1. The molecule has 0 fully saturated rings. The molecule has 0 amide bonds. The van der Waals surface area contributed by atoms with Crippen molar-refractivity contribution in [2.24, 2.45) is 5.92 Å². The van der Waals surface area contributed by atoms with Crippen LogP contribution in [0.25, 0.3) is 6.08 Å². The number of thiazole rings is 1. The Kier molecular flexibility index (Phi) is 10.3. The van der Waals surface area contributed by atoms with Gasteiger partial charge in [0.1, 0.15) is 6.10 Å². The van der Waals surface area contributed by atoms with Crippen LogP contribution in [0.1, 0.15) is 84.3 Å². The maximum atomic E-state index is 13.4. The van der Waals surface area contributed by atoms with E-state index in [1.165, 1.54) is 32.1 Å². The Hall–Kier alpha value is -1.55. The number of aliphatic hydroxyl groups is 2. The largest absolute Gasteiger partial charge is 0.457 e. The molecule has 0 aliphatic carbocycles. The second kappa shape index (κ2) is 12.1. The van der Waals surface area contributed by atoms with Crippen molar-refractivity contribution in [1.82, 2.24) is 4.98 Å². The highest BCUT2D eigenvalue weighted by Crippen LogP contribution is 2.32. The number of aromatic nitrogens is 1. The molecule has 0 radical (unpaired) electrons. The zero-order valence-electron chi connectivity index (χ0n) is 21.9. The van der Waals surface area contributed by atoms with E-state index in [1.54, 1.807) is 0 Å². The molecule has 35 heavy (non-hydrogen) atoms. The molecule has 9 heteroatoms. The minimum Gasteiger partial charge on any atom is -0.457 e. The molecule has 1 aliphatic rings. The fourth-order valence-corrected chi connectivity index (χ4v) is 6.94. The maximum absolute atomic E-state index is 13.4. The van der Waals surface area contributed by atoms with Crippen LogP contribution in [0.5, 0.6) is 0 Å². The van der Waals surface area contributed by atoms with Gasteiger partial charge in [-0.15, -0.1) is 11.3 Å². The van der Waals surface area contributed by atoms with Crippen molar-refractivity contribution < 1.29 is 28.2 Å². The lowest BCUT2D eigenvalue weighted by Gasteiger charge is -2.35. The summed E-state index contributed by atoms with van der Waals surface area (Å²) in [4.78, 5) is 17.3. The molecular weight excluding hydrogens is 486 g/mol. The molecule has 2 N–H and O–H groups in total. The lowest BCUT2D eigenvalue weighted by atomic mass is 9.94. The molecule has 7 nitrogen and oxygen atoms in total. The molecule has 0 bridgehead atoms. The van der Waals surface area contributed by atoms with Gasteiger partial charge in [-0.1, -0.05) is 18.6 Å². The Labute approximate surface area is 214 Å². The summed E-state index contributed by atoms with van der Waals surface area (Å²) in [6.07, 6.45) is 3.12. The first-order valence-corrected chi connectivity index (χ1v) is 14.6. The number of carbonyl (C=O) groups excluding carboxylic acids is 1. The molecule has 198 valence electrons. The average Bonchev–Trinajstić information content (AvgIpc) is 3.18. The number of nitrogens with zero attached hydrogens (tertiary/aromatic N) is 1. The van der Waals surface area contributed by atoms with E-state index in [9.17, 15) is 23.4 Å². The Morgan fingerprint density at radius 1 is 1.26 bits per heavy atom. The molecule has 0 saturated heterocycles. The molecule has 0 unspecified atom stereocenters. The van der Waals surface area contributed by atoms with Gasteiger partial charge in [-0.05, 0) is 78.4 Å². The number of rotatable bonds is 2. The summed E-state index contributed by atoms with van der Waals surface area (Å²) < 4.78 is 30.8. The van der Waals surface area contributed by atoms with Crippen LogP contribution >= 0.6 is 11.3 Å². The number of cyclic esters (lactones) is 1. The first-order chi connectivity index (χ1) is 16.2. The minimum atomic E-state index is -3.98. The lowest BCUT2D eigenvalue weighted by molar-refractivity contribution is -0.149. The van der Waals surface area contributed by atoms with Gasteiger partial charge in [-0.3, -0.25) is 4.79 Å². The van der Waals surface area contributed by atoms with Crippen molar-refractivity contribution in [2.45, 2.75) is 109 Å². The summed E-state index contributed by atoms with van der Waals surface area (Å²) in [6.45, 7) is 11.9. The number of aryl methyl sites for hydroxylation is 1. The molecule has 0 spiro atoms. The SMILES string of the molecule is CC1=CC[C@@H](C(C)=Cc2csc(C)n2)OC(=O)C[C@@H](O)C(C)(C)S(=O)(=O)[C@H](C)[C@@H](O)[C@@H](C)CCC1. The minimum absolute atomic E-state index is 0.224. The summed E-state index contributed by atoms with van der Waals surface area (Å²) in [5.74, 6) is -0.898. The van der Waals surface area contributed by atoms with Gasteiger partial charge < -0.3 is 14.9 Å². The molecule has 0 saturated carbocycles. The Balaban J connectivity index is 2.39. The fraction of sp³-hybridized carbons (Fsp3) is 0.692. The van der Waals surface area contributed by atoms with E-state index in [4.69, 9.17) is 4.74 Å². The van der Waals surface area contributed by atoms with Gasteiger partial charge in [0, 0.05) is 11.8 Å². The second-order valence-electron chi connectivity index (χ2n) is 10.4. The third-order valence-corrected chi connectivity index (χ3v) is 10.9. The van der Waals surface area contributed by atoms with Gasteiger partial charge >= 0.3 is 5.97 Å². The van der Waals surface area contributed by atoms with Gasteiger partial charge in [0.05, 0.1) is 39.3 Å². The summed E-state index contributed by atoms with van der Waals surface area (Å²) >= 11 is 1.54. The van der Waals surface area contributed by atoms with E-state index in [0.29, 0.717) is 12.8 Å². The normalized spacial score (nSPS) is 31.5. The molecular formula is C26H41NO6S2. The van der Waals surface area contributed by atoms with Gasteiger partial charge in [-0.2, -0.15) is 0 Å². The Morgan fingerprint density at radius 2 is 1.91 bits per heavy atom. The summed E-state index contributed by atoms with van der Waals surface area (Å²) in [5, 5.41) is 23.4. The first kappa shape index (κ1) is 29.7. The van der Waals surface area contributed by atoms with Gasteiger partial charge in [0.15, 0.2) is 9.84 Å². The zero-order chi connectivity index (χ0) is 26.6. The molecule has 5 atom stereocenters. The van der Waals surface area contributed by atoms with E-state index >= 15 is 0 Å². The standard InChI is InChI=1S/C26H41NO6S2/c1-16-9-8-10-17(2)25(30)19(4)35(31,32)26(6,7)23(28)14-24(29)33-22(12-11-16)18(3)13-21-15-34-20(5)27-21/h11,13,15,17,19,22-23,25,28,30H,8-10,12,14H2,1-7H3/t17-,19+,22-,23+,25-/m0/s1. The van der Waals surface area contributed by atoms with E-state index in [2.05, 4.69) is 11.1 Å². The van der Waals surface area contributed by atoms with Crippen LogP contribution in [0.2, 0.25) is 0 Å². The van der Waals surface area contributed by atoms with Crippen molar-refractivity contribution in [1.29, 1.82) is 0 Å². The Morgan fingerprint density at radius 3 is 2.51 bits per heavy atom. The highest BCUT2D eigenvalue weighted by molar-refractivity contribution is 7.93. The highest BCUT2D eigenvalue weighted by atomic mass is 32.2. The topological polar surface area (TPSA) is 114 Å². The monoisotopic (exact) mass is 527 g/mol. The number of carbonyl (C=O) groups is 1. The third-order valence-electron chi connectivity index (χ3n) is 7.15. The van der Waals surface area contributed by atoms with Gasteiger partial charge in [0.25, 0.3) is 0 Å². The predicted octanol–water partition coefficient (Wildman–Crippen LogP) is 4.62. The predicted molar refractivity (Wildman–Crippen MR) is 141 cm³/mol. The van der Waals surface area contributed by atoms with Gasteiger partial charge in [0.2, 0.25) is 0 Å². The third kappa shape index (κ3) is 7.47. The highest BCUT2D eigenvalue weighted by Gasteiger charge is 2.47. The lowest BCUT2D eigenvalue weighted by Crippen LogP contribution is -2.52. The van der Waals surface area contributed by atoms with Crippen LogP contribution < -0.4 is 0 Å². The average molecular weight is 528 g/mol. The van der Waals surface area contributed by atoms with Crippen molar-refractivity contribution in [3.63, 3.8) is 0 Å². The quantitative estimate of drug-likeness (QED) is 0.426. The van der Waals surface area contributed by atoms with Crippen molar-refractivity contribution >= 4 is 33.2 Å². The number of sulfone groups is 1. The number of aliphatic hydroxyl groups excluding tert-OH is 2.